The highest BCUT2D eigenvalue weighted by atomic mass is 16.2. The summed E-state index contributed by atoms with van der Waals surface area (Å²) < 4.78 is 0. The number of anilines is 2. The summed E-state index contributed by atoms with van der Waals surface area (Å²) in [6.07, 6.45) is 1.67. The number of imide groups is 1. The second-order valence-corrected chi connectivity index (χ2v) is 6.86. The minimum absolute atomic E-state index is 0.161. The molecule has 2 aliphatic rings. The first-order chi connectivity index (χ1) is 13.1. The molecule has 27 heavy (non-hydrogen) atoms. The van der Waals surface area contributed by atoms with Crippen molar-refractivity contribution in [2.75, 3.05) is 16.3 Å². The van der Waals surface area contributed by atoms with Crippen LogP contribution in [0.3, 0.4) is 0 Å². The summed E-state index contributed by atoms with van der Waals surface area (Å²) >= 11 is 0. The van der Waals surface area contributed by atoms with Gasteiger partial charge in [-0.1, -0.05) is 30.3 Å². The summed E-state index contributed by atoms with van der Waals surface area (Å²) in [7, 11) is 0. The van der Waals surface area contributed by atoms with Crippen molar-refractivity contribution in [3.63, 3.8) is 0 Å². The Hall–Kier alpha value is -2.99. The third-order valence-corrected chi connectivity index (χ3v) is 5.04. The van der Waals surface area contributed by atoms with Crippen LogP contribution in [0.15, 0.2) is 54.6 Å². The minimum atomic E-state index is -0.516. The standard InChI is InChI=1S/C21H21N3O3/c25-19-7-4-12-23(19)16-10-8-15(9-11-16)14-22-18-13-20(26)24(21(18)27)17-5-2-1-3-6-17/h1-3,5-6,8-11,18,22H,4,7,12-14H2. The molecule has 0 aromatic heterocycles. The van der Waals surface area contributed by atoms with E-state index >= 15 is 0 Å². The number of amides is 3. The average molecular weight is 363 g/mol. The van der Waals surface area contributed by atoms with Crippen LogP contribution in [-0.2, 0) is 20.9 Å². The van der Waals surface area contributed by atoms with Gasteiger partial charge in [0.2, 0.25) is 11.8 Å². The van der Waals surface area contributed by atoms with Gasteiger partial charge in [0.25, 0.3) is 5.91 Å². The fourth-order valence-corrected chi connectivity index (χ4v) is 3.60. The smallest absolute Gasteiger partial charge is 0.251 e. The lowest BCUT2D eigenvalue weighted by molar-refractivity contribution is -0.122. The molecule has 2 heterocycles. The molecular weight excluding hydrogens is 342 g/mol. The first-order valence-corrected chi connectivity index (χ1v) is 9.18. The van der Waals surface area contributed by atoms with Crippen molar-refractivity contribution in [2.45, 2.75) is 31.8 Å². The molecule has 1 atom stereocenters. The predicted molar refractivity (Wildman–Crippen MR) is 102 cm³/mol. The normalized spacial score (nSPS) is 20.0. The van der Waals surface area contributed by atoms with Crippen LogP contribution in [0.5, 0.6) is 0 Å². The zero-order valence-electron chi connectivity index (χ0n) is 14.9. The molecule has 2 fully saturated rings. The van der Waals surface area contributed by atoms with Crippen molar-refractivity contribution in [3.8, 4) is 0 Å². The van der Waals surface area contributed by atoms with Gasteiger partial charge in [-0.2, -0.15) is 0 Å². The lowest BCUT2D eigenvalue weighted by Gasteiger charge is -2.17. The first kappa shape index (κ1) is 17.4. The number of nitrogens with one attached hydrogen (secondary N) is 1. The van der Waals surface area contributed by atoms with E-state index in [0.717, 1.165) is 24.2 Å². The third-order valence-electron chi connectivity index (χ3n) is 5.04. The summed E-state index contributed by atoms with van der Waals surface area (Å²) in [5.41, 5.74) is 2.52. The zero-order chi connectivity index (χ0) is 18.8. The lowest BCUT2D eigenvalue weighted by Crippen LogP contribution is -2.38. The number of carbonyl (C=O) groups is 3. The summed E-state index contributed by atoms with van der Waals surface area (Å²) in [5.74, 6) is -0.242. The second kappa shape index (κ2) is 7.32. The van der Waals surface area contributed by atoms with Gasteiger partial charge in [0.15, 0.2) is 0 Å². The molecular formula is C21H21N3O3. The van der Waals surface area contributed by atoms with Gasteiger partial charge in [0.05, 0.1) is 18.2 Å². The molecule has 0 aliphatic carbocycles. The maximum atomic E-state index is 12.6. The maximum absolute atomic E-state index is 12.6. The fourth-order valence-electron chi connectivity index (χ4n) is 3.60. The molecule has 0 saturated carbocycles. The van der Waals surface area contributed by atoms with Gasteiger partial charge >= 0.3 is 0 Å². The molecule has 2 aromatic carbocycles. The van der Waals surface area contributed by atoms with E-state index in [2.05, 4.69) is 5.32 Å². The van der Waals surface area contributed by atoms with E-state index in [9.17, 15) is 14.4 Å². The van der Waals surface area contributed by atoms with Gasteiger partial charge < -0.3 is 10.2 Å². The van der Waals surface area contributed by atoms with Gasteiger partial charge in [0.1, 0.15) is 0 Å². The average Bonchev–Trinajstić information content (AvgIpc) is 3.24. The van der Waals surface area contributed by atoms with Crippen LogP contribution < -0.4 is 15.1 Å². The van der Waals surface area contributed by atoms with E-state index in [4.69, 9.17) is 0 Å². The zero-order valence-corrected chi connectivity index (χ0v) is 14.9. The SMILES string of the molecule is O=C1CCCN1c1ccc(CNC2CC(=O)N(c3ccccc3)C2=O)cc1. The van der Waals surface area contributed by atoms with E-state index in [1.165, 1.54) is 4.90 Å². The molecule has 138 valence electrons. The monoisotopic (exact) mass is 363 g/mol. The molecule has 3 amide bonds. The molecule has 0 spiro atoms. The van der Waals surface area contributed by atoms with Crippen molar-refractivity contribution >= 4 is 29.1 Å². The largest absolute Gasteiger partial charge is 0.312 e. The highest BCUT2D eigenvalue weighted by Crippen LogP contribution is 2.24. The first-order valence-electron chi connectivity index (χ1n) is 9.18. The van der Waals surface area contributed by atoms with Gasteiger partial charge in [-0.25, -0.2) is 4.90 Å². The van der Waals surface area contributed by atoms with Gasteiger partial charge in [-0.15, -0.1) is 0 Å². The lowest BCUT2D eigenvalue weighted by atomic mass is 10.1. The third kappa shape index (κ3) is 3.48. The topological polar surface area (TPSA) is 69.7 Å². The van der Waals surface area contributed by atoms with Gasteiger partial charge in [0, 0.05) is 25.2 Å². The van der Waals surface area contributed by atoms with E-state index in [0.29, 0.717) is 18.7 Å². The number of hydrogen-bond donors (Lipinski definition) is 1. The molecule has 2 aliphatic heterocycles. The van der Waals surface area contributed by atoms with Crippen molar-refractivity contribution in [2.24, 2.45) is 0 Å². The minimum Gasteiger partial charge on any atom is -0.312 e. The van der Waals surface area contributed by atoms with Crippen LogP contribution in [0.1, 0.15) is 24.8 Å². The number of hydrogen-bond acceptors (Lipinski definition) is 4. The van der Waals surface area contributed by atoms with Crippen LogP contribution in [0.25, 0.3) is 0 Å². The Morgan fingerprint density at radius 1 is 0.889 bits per heavy atom. The van der Waals surface area contributed by atoms with E-state index in [-0.39, 0.29) is 24.1 Å². The van der Waals surface area contributed by atoms with Crippen LogP contribution in [0, 0.1) is 0 Å². The van der Waals surface area contributed by atoms with Gasteiger partial charge in [-0.3, -0.25) is 14.4 Å². The van der Waals surface area contributed by atoms with Crippen LogP contribution >= 0.6 is 0 Å². The molecule has 2 aromatic rings. The Morgan fingerprint density at radius 2 is 1.63 bits per heavy atom. The molecule has 6 nitrogen and oxygen atoms in total. The molecule has 6 heteroatoms. The Balaban J connectivity index is 1.38. The van der Waals surface area contributed by atoms with Crippen LogP contribution in [-0.4, -0.2) is 30.3 Å². The van der Waals surface area contributed by atoms with E-state index in [1.54, 1.807) is 17.0 Å². The van der Waals surface area contributed by atoms with Crippen LogP contribution in [0.2, 0.25) is 0 Å². The Bertz CT molecular complexity index is 864. The van der Waals surface area contributed by atoms with Crippen LogP contribution in [0.4, 0.5) is 11.4 Å². The molecule has 0 bridgehead atoms. The van der Waals surface area contributed by atoms with Crippen molar-refractivity contribution in [1.82, 2.24) is 5.32 Å². The number of benzene rings is 2. The highest BCUT2D eigenvalue weighted by Gasteiger charge is 2.39. The molecule has 2 saturated heterocycles. The molecule has 0 radical (unpaired) electrons. The van der Waals surface area contributed by atoms with Crippen molar-refractivity contribution < 1.29 is 14.4 Å². The summed E-state index contributed by atoms with van der Waals surface area (Å²) in [4.78, 5) is 39.7. The van der Waals surface area contributed by atoms with Gasteiger partial charge in [-0.05, 0) is 36.2 Å². The summed E-state index contributed by atoms with van der Waals surface area (Å²) in [6.45, 7) is 1.25. The highest BCUT2D eigenvalue weighted by molar-refractivity contribution is 6.22. The molecule has 1 N–H and O–H groups in total. The fraction of sp³-hybridized carbons (Fsp3) is 0.286. The van der Waals surface area contributed by atoms with Crippen molar-refractivity contribution in [3.05, 3.63) is 60.2 Å². The number of rotatable bonds is 5. The number of carbonyl (C=O) groups excluding carboxylic acids is 3. The molecule has 1 unspecified atom stereocenters. The summed E-state index contributed by atoms with van der Waals surface area (Å²) in [6, 6.07) is 16.2. The Kier molecular flexibility index (Phi) is 4.73. The van der Waals surface area contributed by atoms with E-state index in [1.807, 2.05) is 42.5 Å². The Labute approximate surface area is 157 Å². The number of para-hydroxylation sites is 1. The Morgan fingerprint density at radius 3 is 2.30 bits per heavy atom. The summed E-state index contributed by atoms with van der Waals surface area (Å²) in [5, 5.41) is 3.18. The molecule has 4 rings (SSSR count). The maximum Gasteiger partial charge on any atom is 0.251 e. The van der Waals surface area contributed by atoms with Crippen molar-refractivity contribution in [1.29, 1.82) is 0 Å². The quantitative estimate of drug-likeness (QED) is 0.827. The predicted octanol–water partition coefficient (Wildman–Crippen LogP) is 2.24. The van der Waals surface area contributed by atoms with E-state index < -0.39 is 6.04 Å². The number of nitrogens with zero attached hydrogens (tertiary/aromatic N) is 2. The second-order valence-electron chi connectivity index (χ2n) is 6.86.